The quantitative estimate of drug-likeness (QED) is 0.565. The molecule has 0 heterocycles. The van der Waals surface area contributed by atoms with Crippen LogP contribution in [0.2, 0.25) is 0 Å². The van der Waals surface area contributed by atoms with Crippen LogP contribution in [0.1, 0.15) is 36.5 Å². The van der Waals surface area contributed by atoms with Crippen molar-refractivity contribution in [3.63, 3.8) is 0 Å². The predicted octanol–water partition coefficient (Wildman–Crippen LogP) is 3.09. The monoisotopic (exact) mass is 274 g/mol. The van der Waals surface area contributed by atoms with Gasteiger partial charge in [0, 0.05) is 22.6 Å². The van der Waals surface area contributed by atoms with Crippen molar-refractivity contribution in [2.45, 2.75) is 26.2 Å². The van der Waals surface area contributed by atoms with Crippen molar-refractivity contribution in [1.82, 2.24) is 0 Å². The van der Waals surface area contributed by atoms with Crippen molar-refractivity contribution in [3.8, 4) is 0 Å². The molecule has 0 bridgehead atoms. The molecule has 18 heavy (non-hydrogen) atoms. The summed E-state index contributed by atoms with van der Waals surface area (Å²) < 4.78 is 37.5. The summed E-state index contributed by atoms with van der Waals surface area (Å²) in [6.45, 7) is 2.03. The summed E-state index contributed by atoms with van der Waals surface area (Å²) in [5, 5.41) is 0. The van der Waals surface area contributed by atoms with E-state index in [0.29, 0.717) is 11.8 Å². The highest BCUT2D eigenvalue weighted by Crippen LogP contribution is 2.11. The zero-order chi connectivity index (χ0) is 13.5. The van der Waals surface area contributed by atoms with Crippen LogP contribution in [0.25, 0.3) is 0 Å². The van der Waals surface area contributed by atoms with E-state index < -0.39 is 28.2 Å². The number of benzene rings is 1. The second-order valence-electron chi connectivity index (χ2n) is 4.04. The van der Waals surface area contributed by atoms with Gasteiger partial charge >= 0.3 is 0 Å². The summed E-state index contributed by atoms with van der Waals surface area (Å²) >= 11 is 0. The number of carbonyl (C=O) groups excluding carboxylic acids is 1. The zero-order valence-electron chi connectivity index (χ0n) is 10.2. The Balaban J connectivity index is 2.57. The average molecular weight is 274 g/mol. The van der Waals surface area contributed by atoms with Crippen LogP contribution in [-0.4, -0.2) is 21.5 Å². The Morgan fingerprint density at radius 1 is 1.28 bits per heavy atom. The van der Waals surface area contributed by atoms with Crippen LogP contribution in [-0.2, 0) is 10.8 Å². The SMILES string of the molecule is CCCCCS(=O)CC(=O)c1ccc(F)cc1F. The molecular weight excluding hydrogens is 258 g/mol. The van der Waals surface area contributed by atoms with Gasteiger partial charge in [-0.1, -0.05) is 19.8 Å². The van der Waals surface area contributed by atoms with Crippen LogP contribution < -0.4 is 0 Å². The second kappa shape index (κ2) is 7.36. The Hall–Kier alpha value is -1.10. The highest BCUT2D eigenvalue weighted by Gasteiger charge is 2.15. The van der Waals surface area contributed by atoms with Crippen molar-refractivity contribution >= 4 is 16.6 Å². The van der Waals surface area contributed by atoms with Gasteiger partial charge < -0.3 is 0 Å². The fourth-order valence-corrected chi connectivity index (χ4v) is 2.64. The first-order chi connectivity index (χ1) is 8.54. The maximum atomic E-state index is 13.3. The molecule has 2 nitrogen and oxygen atoms in total. The molecule has 0 amide bonds. The molecule has 0 radical (unpaired) electrons. The van der Waals surface area contributed by atoms with Gasteiger partial charge in [0.05, 0.1) is 11.3 Å². The van der Waals surface area contributed by atoms with E-state index in [1.165, 1.54) is 0 Å². The number of ketones is 1. The lowest BCUT2D eigenvalue weighted by Crippen LogP contribution is -2.14. The lowest BCUT2D eigenvalue weighted by molar-refractivity contribution is 0.101. The van der Waals surface area contributed by atoms with E-state index in [0.717, 1.165) is 31.4 Å². The maximum absolute atomic E-state index is 13.3. The standard InChI is InChI=1S/C13H16F2O2S/c1-2-3-4-7-18(17)9-13(16)11-6-5-10(14)8-12(11)15/h5-6,8H,2-4,7,9H2,1H3. The molecule has 1 aromatic rings. The van der Waals surface area contributed by atoms with E-state index in [-0.39, 0.29) is 11.3 Å². The van der Waals surface area contributed by atoms with Gasteiger partial charge in [0.2, 0.25) is 0 Å². The molecule has 0 aliphatic heterocycles. The third-order valence-corrected chi connectivity index (χ3v) is 3.83. The number of unbranched alkanes of at least 4 members (excludes halogenated alkanes) is 2. The van der Waals surface area contributed by atoms with Gasteiger partial charge in [0.25, 0.3) is 0 Å². The third-order valence-electron chi connectivity index (χ3n) is 2.50. The van der Waals surface area contributed by atoms with Gasteiger partial charge in [-0.3, -0.25) is 9.00 Å². The van der Waals surface area contributed by atoms with Crippen molar-refractivity contribution < 1.29 is 17.8 Å². The molecule has 0 aliphatic carbocycles. The smallest absolute Gasteiger partial charge is 0.178 e. The van der Waals surface area contributed by atoms with Crippen molar-refractivity contribution in [1.29, 1.82) is 0 Å². The number of hydrogen-bond donors (Lipinski definition) is 0. The number of carbonyl (C=O) groups is 1. The van der Waals surface area contributed by atoms with Gasteiger partial charge in [0.1, 0.15) is 11.6 Å². The van der Waals surface area contributed by atoms with E-state index >= 15 is 0 Å². The molecule has 100 valence electrons. The van der Waals surface area contributed by atoms with E-state index in [2.05, 4.69) is 0 Å². The molecule has 1 atom stereocenters. The topological polar surface area (TPSA) is 34.1 Å². The fraction of sp³-hybridized carbons (Fsp3) is 0.462. The molecular formula is C13H16F2O2S. The first-order valence-electron chi connectivity index (χ1n) is 5.87. The van der Waals surface area contributed by atoms with E-state index in [1.54, 1.807) is 0 Å². The minimum Gasteiger partial charge on any atom is -0.293 e. The summed E-state index contributed by atoms with van der Waals surface area (Å²) in [4.78, 5) is 11.7. The highest BCUT2D eigenvalue weighted by molar-refractivity contribution is 7.85. The Labute approximate surface area is 108 Å². The van der Waals surface area contributed by atoms with Gasteiger partial charge in [0.15, 0.2) is 5.78 Å². The normalized spacial score (nSPS) is 12.4. The van der Waals surface area contributed by atoms with Gasteiger partial charge in [-0.25, -0.2) is 8.78 Å². The van der Waals surface area contributed by atoms with Gasteiger partial charge in [-0.05, 0) is 18.6 Å². The zero-order valence-corrected chi connectivity index (χ0v) is 11.1. The molecule has 0 saturated carbocycles. The van der Waals surface area contributed by atoms with Crippen LogP contribution in [0.4, 0.5) is 8.78 Å². The summed E-state index contributed by atoms with van der Waals surface area (Å²) in [6, 6.07) is 2.78. The molecule has 1 aromatic carbocycles. The van der Waals surface area contributed by atoms with Crippen LogP contribution in [0.5, 0.6) is 0 Å². The summed E-state index contributed by atoms with van der Waals surface area (Å²) in [6.07, 6.45) is 2.77. The molecule has 0 aromatic heterocycles. The Morgan fingerprint density at radius 2 is 2.00 bits per heavy atom. The second-order valence-corrected chi connectivity index (χ2v) is 5.62. The Kier molecular flexibility index (Phi) is 6.12. The largest absolute Gasteiger partial charge is 0.293 e. The van der Waals surface area contributed by atoms with Crippen LogP contribution in [0.15, 0.2) is 18.2 Å². The first kappa shape index (κ1) is 15.0. The van der Waals surface area contributed by atoms with E-state index in [1.807, 2.05) is 6.92 Å². The third kappa shape index (κ3) is 4.64. The highest BCUT2D eigenvalue weighted by atomic mass is 32.2. The van der Waals surface area contributed by atoms with Crippen LogP contribution >= 0.6 is 0 Å². The van der Waals surface area contributed by atoms with Crippen molar-refractivity contribution in [2.24, 2.45) is 0 Å². The maximum Gasteiger partial charge on any atom is 0.178 e. The molecule has 0 fully saturated rings. The van der Waals surface area contributed by atoms with Crippen LogP contribution in [0, 0.1) is 11.6 Å². The number of rotatable bonds is 7. The minimum atomic E-state index is -1.28. The summed E-state index contributed by atoms with van der Waals surface area (Å²) in [5.74, 6) is -1.92. The molecule has 0 N–H and O–H groups in total. The lowest BCUT2D eigenvalue weighted by Gasteiger charge is -2.03. The molecule has 5 heteroatoms. The molecule has 0 spiro atoms. The summed E-state index contributed by atoms with van der Waals surface area (Å²) in [7, 11) is -1.28. The molecule has 1 unspecified atom stereocenters. The van der Waals surface area contributed by atoms with E-state index in [9.17, 15) is 17.8 Å². The van der Waals surface area contributed by atoms with E-state index in [4.69, 9.17) is 0 Å². The lowest BCUT2D eigenvalue weighted by atomic mass is 10.1. The van der Waals surface area contributed by atoms with Crippen molar-refractivity contribution in [3.05, 3.63) is 35.4 Å². The van der Waals surface area contributed by atoms with Crippen molar-refractivity contribution in [2.75, 3.05) is 11.5 Å². The average Bonchev–Trinajstić information content (AvgIpc) is 2.28. The van der Waals surface area contributed by atoms with Gasteiger partial charge in [-0.2, -0.15) is 0 Å². The van der Waals surface area contributed by atoms with Gasteiger partial charge in [-0.15, -0.1) is 0 Å². The first-order valence-corrected chi connectivity index (χ1v) is 7.36. The minimum absolute atomic E-state index is 0.194. The molecule has 0 saturated heterocycles. The molecule has 0 aliphatic rings. The summed E-state index contributed by atoms with van der Waals surface area (Å²) in [5.41, 5.74) is -0.194. The number of Topliss-reactive ketones (excluding diaryl/α,β-unsaturated/α-hetero) is 1. The number of halogens is 2. The molecule has 1 rings (SSSR count). The Bertz CT molecular complexity index is 447. The fourth-order valence-electron chi connectivity index (χ4n) is 1.52. The number of hydrogen-bond acceptors (Lipinski definition) is 2. The Morgan fingerprint density at radius 3 is 2.61 bits per heavy atom. The van der Waals surface area contributed by atoms with Crippen LogP contribution in [0.3, 0.4) is 0 Å². The predicted molar refractivity (Wildman–Crippen MR) is 68.1 cm³/mol.